The molecule has 0 saturated heterocycles. The van der Waals surface area contributed by atoms with Crippen LogP contribution in [0.25, 0.3) is 10.9 Å². The van der Waals surface area contributed by atoms with Crippen LogP contribution in [-0.4, -0.2) is 10.8 Å². The van der Waals surface area contributed by atoms with E-state index in [1.807, 2.05) is 49.5 Å². The molecule has 0 aliphatic rings. The van der Waals surface area contributed by atoms with E-state index >= 15 is 0 Å². The van der Waals surface area contributed by atoms with Crippen molar-refractivity contribution in [2.75, 3.05) is 0 Å². The number of aromatic nitrogens is 1. The highest BCUT2D eigenvalue weighted by molar-refractivity contribution is 9.10. The van der Waals surface area contributed by atoms with Gasteiger partial charge in [-0.2, -0.15) is 0 Å². The Morgan fingerprint density at radius 2 is 2.05 bits per heavy atom. The second-order valence-corrected chi connectivity index (χ2v) is 5.90. The van der Waals surface area contributed by atoms with Crippen molar-refractivity contribution in [3.8, 4) is 0 Å². The molecule has 3 rings (SSSR count). The second-order valence-electron chi connectivity index (χ2n) is 4.98. The fourth-order valence-corrected chi connectivity index (χ4v) is 2.84. The van der Waals surface area contributed by atoms with E-state index < -0.39 is 0 Å². The first-order valence-corrected chi connectivity index (χ1v) is 7.28. The zero-order valence-corrected chi connectivity index (χ0v) is 12.7. The number of benzene rings is 2. The SMILES string of the molecule is Cc1ccc2c(C(=O)Cc3cccc(Br)c3)c[nH]c2c1. The highest BCUT2D eigenvalue weighted by Crippen LogP contribution is 2.21. The Hall–Kier alpha value is -1.87. The lowest BCUT2D eigenvalue weighted by Crippen LogP contribution is -2.02. The van der Waals surface area contributed by atoms with E-state index in [2.05, 4.69) is 27.0 Å². The molecule has 0 saturated carbocycles. The first-order valence-electron chi connectivity index (χ1n) is 6.49. The molecule has 0 fully saturated rings. The Bertz CT molecular complexity index is 789. The molecule has 0 aliphatic heterocycles. The Kier molecular flexibility index (Phi) is 3.45. The van der Waals surface area contributed by atoms with Crippen LogP contribution >= 0.6 is 15.9 Å². The van der Waals surface area contributed by atoms with Crippen LogP contribution in [0, 0.1) is 6.92 Å². The average molecular weight is 328 g/mol. The fraction of sp³-hybridized carbons (Fsp3) is 0.118. The third-order valence-corrected chi connectivity index (χ3v) is 3.88. The van der Waals surface area contributed by atoms with Crippen molar-refractivity contribution < 1.29 is 4.79 Å². The molecule has 1 heterocycles. The van der Waals surface area contributed by atoms with Gasteiger partial charge in [-0.1, -0.05) is 40.2 Å². The van der Waals surface area contributed by atoms with Crippen LogP contribution in [0.15, 0.2) is 53.1 Å². The number of rotatable bonds is 3. The maximum atomic E-state index is 12.5. The number of carbonyl (C=O) groups excluding carboxylic acids is 1. The Balaban J connectivity index is 1.93. The maximum Gasteiger partial charge on any atom is 0.169 e. The number of H-pyrrole nitrogens is 1. The molecule has 0 radical (unpaired) electrons. The minimum atomic E-state index is 0.137. The molecule has 0 amide bonds. The number of fused-ring (bicyclic) bond motifs is 1. The zero-order valence-electron chi connectivity index (χ0n) is 11.1. The average Bonchev–Trinajstić information content (AvgIpc) is 2.81. The monoisotopic (exact) mass is 327 g/mol. The summed E-state index contributed by atoms with van der Waals surface area (Å²) in [6.07, 6.45) is 2.23. The van der Waals surface area contributed by atoms with Crippen molar-refractivity contribution in [3.63, 3.8) is 0 Å². The molecule has 0 aliphatic carbocycles. The first-order chi connectivity index (χ1) is 9.63. The zero-order chi connectivity index (χ0) is 14.1. The van der Waals surface area contributed by atoms with Gasteiger partial charge in [-0.25, -0.2) is 0 Å². The number of hydrogen-bond acceptors (Lipinski definition) is 1. The van der Waals surface area contributed by atoms with E-state index in [4.69, 9.17) is 0 Å². The molecule has 1 aromatic heterocycles. The van der Waals surface area contributed by atoms with Crippen LogP contribution in [0.2, 0.25) is 0 Å². The van der Waals surface area contributed by atoms with Gasteiger partial charge in [0.2, 0.25) is 0 Å². The molecule has 2 nitrogen and oxygen atoms in total. The van der Waals surface area contributed by atoms with Crippen molar-refractivity contribution in [3.05, 3.63) is 69.8 Å². The van der Waals surface area contributed by atoms with Gasteiger partial charge in [-0.15, -0.1) is 0 Å². The summed E-state index contributed by atoms with van der Waals surface area (Å²) in [5.41, 5.74) is 3.98. The van der Waals surface area contributed by atoms with Gasteiger partial charge < -0.3 is 4.98 Å². The van der Waals surface area contributed by atoms with Gasteiger partial charge in [0.15, 0.2) is 5.78 Å². The van der Waals surface area contributed by atoms with E-state index in [1.54, 1.807) is 0 Å². The van der Waals surface area contributed by atoms with Crippen LogP contribution < -0.4 is 0 Å². The minimum absolute atomic E-state index is 0.137. The van der Waals surface area contributed by atoms with Crippen LogP contribution in [0.1, 0.15) is 21.5 Å². The molecular weight excluding hydrogens is 314 g/mol. The largest absolute Gasteiger partial charge is 0.360 e. The molecule has 0 spiro atoms. The predicted octanol–water partition coefficient (Wildman–Crippen LogP) is 4.66. The third kappa shape index (κ3) is 2.54. The van der Waals surface area contributed by atoms with Crippen LogP contribution in [-0.2, 0) is 6.42 Å². The molecule has 3 heteroatoms. The highest BCUT2D eigenvalue weighted by Gasteiger charge is 2.12. The number of Topliss-reactive ketones (excluding diaryl/α,β-unsaturated/α-hetero) is 1. The Morgan fingerprint density at radius 1 is 1.20 bits per heavy atom. The molecule has 20 heavy (non-hydrogen) atoms. The quantitative estimate of drug-likeness (QED) is 0.697. The lowest BCUT2D eigenvalue weighted by atomic mass is 10.0. The first kappa shape index (κ1) is 13.1. The lowest BCUT2D eigenvalue weighted by molar-refractivity contribution is 0.0994. The third-order valence-electron chi connectivity index (χ3n) is 3.39. The molecule has 2 aromatic carbocycles. The van der Waals surface area contributed by atoms with Gasteiger partial charge in [-0.05, 0) is 36.2 Å². The lowest BCUT2D eigenvalue weighted by Gasteiger charge is -2.01. The van der Waals surface area contributed by atoms with Crippen LogP contribution in [0.5, 0.6) is 0 Å². The second kappa shape index (κ2) is 5.25. The normalized spacial score (nSPS) is 10.9. The van der Waals surface area contributed by atoms with Crippen molar-refractivity contribution >= 4 is 32.6 Å². The summed E-state index contributed by atoms with van der Waals surface area (Å²) in [7, 11) is 0. The van der Waals surface area contributed by atoms with E-state index in [0.29, 0.717) is 6.42 Å². The fourth-order valence-electron chi connectivity index (χ4n) is 2.40. The molecule has 100 valence electrons. The number of ketones is 1. The molecule has 0 bridgehead atoms. The van der Waals surface area contributed by atoms with Crippen molar-refractivity contribution in [1.82, 2.24) is 4.98 Å². The van der Waals surface area contributed by atoms with Crippen molar-refractivity contribution in [2.45, 2.75) is 13.3 Å². The summed E-state index contributed by atoms with van der Waals surface area (Å²) in [5.74, 6) is 0.137. The Labute approximate surface area is 126 Å². The summed E-state index contributed by atoms with van der Waals surface area (Å²) < 4.78 is 0.998. The van der Waals surface area contributed by atoms with Gasteiger partial charge in [0.25, 0.3) is 0 Å². The van der Waals surface area contributed by atoms with Crippen LogP contribution in [0.3, 0.4) is 0 Å². The van der Waals surface area contributed by atoms with E-state index in [1.165, 1.54) is 5.56 Å². The number of aromatic amines is 1. The van der Waals surface area contributed by atoms with E-state index in [9.17, 15) is 4.79 Å². The summed E-state index contributed by atoms with van der Waals surface area (Å²) in [4.78, 5) is 15.6. The molecular formula is C17H14BrNO. The highest BCUT2D eigenvalue weighted by atomic mass is 79.9. The van der Waals surface area contributed by atoms with Crippen molar-refractivity contribution in [1.29, 1.82) is 0 Å². The maximum absolute atomic E-state index is 12.5. The molecule has 3 aromatic rings. The van der Waals surface area contributed by atoms with E-state index in [0.717, 1.165) is 26.5 Å². The van der Waals surface area contributed by atoms with Crippen LogP contribution in [0.4, 0.5) is 0 Å². The molecule has 0 unspecified atom stereocenters. The molecule has 1 N–H and O–H groups in total. The summed E-state index contributed by atoms with van der Waals surface area (Å²) in [6.45, 7) is 2.04. The van der Waals surface area contributed by atoms with Gasteiger partial charge in [0.05, 0.1) is 0 Å². The van der Waals surface area contributed by atoms with Gasteiger partial charge >= 0.3 is 0 Å². The standard InChI is InChI=1S/C17H14BrNO/c1-11-5-6-14-15(10-19-16(14)7-11)17(20)9-12-3-2-4-13(18)8-12/h2-8,10,19H,9H2,1H3. The number of hydrogen-bond donors (Lipinski definition) is 1. The van der Waals surface area contributed by atoms with Gasteiger partial charge in [0.1, 0.15) is 0 Å². The Morgan fingerprint density at radius 3 is 2.85 bits per heavy atom. The predicted molar refractivity (Wildman–Crippen MR) is 85.2 cm³/mol. The number of halogens is 1. The summed E-state index contributed by atoms with van der Waals surface area (Å²) in [6, 6.07) is 14.0. The minimum Gasteiger partial charge on any atom is -0.360 e. The van der Waals surface area contributed by atoms with Gasteiger partial charge in [0, 0.05) is 33.6 Å². The number of aryl methyl sites for hydroxylation is 1. The van der Waals surface area contributed by atoms with E-state index in [-0.39, 0.29) is 5.78 Å². The smallest absolute Gasteiger partial charge is 0.169 e. The summed E-state index contributed by atoms with van der Waals surface area (Å²) in [5, 5.41) is 0.996. The number of nitrogens with one attached hydrogen (secondary N) is 1. The molecule has 0 atom stereocenters. The van der Waals surface area contributed by atoms with Gasteiger partial charge in [-0.3, -0.25) is 4.79 Å². The topological polar surface area (TPSA) is 32.9 Å². The summed E-state index contributed by atoms with van der Waals surface area (Å²) >= 11 is 3.43. The van der Waals surface area contributed by atoms with Crippen molar-refractivity contribution in [2.24, 2.45) is 0 Å². The number of carbonyl (C=O) groups is 1.